The van der Waals surface area contributed by atoms with E-state index in [1.54, 1.807) is 24.3 Å². The SMILES string of the molecule is CCCC(NN(C(=O)c1cc(C)cc(C)c1)C(=O)c1ccccc1OC)C(C)(C)C. The largest absolute Gasteiger partial charge is 0.496 e. The number of hydrogen-bond donors (Lipinski definition) is 1. The van der Waals surface area contributed by atoms with Gasteiger partial charge in [-0.2, -0.15) is 0 Å². The third kappa shape index (κ3) is 5.70. The minimum Gasteiger partial charge on any atom is -0.496 e. The summed E-state index contributed by atoms with van der Waals surface area (Å²) in [5.74, 6) is -0.365. The van der Waals surface area contributed by atoms with E-state index < -0.39 is 5.91 Å². The molecule has 0 fully saturated rings. The van der Waals surface area contributed by atoms with E-state index in [-0.39, 0.29) is 17.4 Å². The summed E-state index contributed by atoms with van der Waals surface area (Å²) in [4.78, 5) is 27.1. The number of imide groups is 1. The van der Waals surface area contributed by atoms with E-state index in [4.69, 9.17) is 4.74 Å². The van der Waals surface area contributed by atoms with Gasteiger partial charge < -0.3 is 4.74 Å². The minimum absolute atomic E-state index is 0.0592. The van der Waals surface area contributed by atoms with Gasteiger partial charge in [0.2, 0.25) is 0 Å². The molecule has 1 N–H and O–H groups in total. The second-order valence-electron chi connectivity index (χ2n) is 8.86. The fraction of sp³-hybridized carbons (Fsp3) is 0.440. The number of methoxy groups -OCH3 is 1. The molecule has 162 valence electrons. The van der Waals surface area contributed by atoms with Gasteiger partial charge in [-0.1, -0.05) is 63.4 Å². The molecular weight excluding hydrogens is 376 g/mol. The molecule has 0 saturated carbocycles. The molecule has 0 heterocycles. The predicted molar refractivity (Wildman–Crippen MR) is 121 cm³/mol. The van der Waals surface area contributed by atoms with Crippen LogP contribution in [0.1, 0.15) is 72.4 Å². The summed E-state index contributed by atoms with van der Waals surface area (Å²) in [5, 5.41) is 1.16. The van der Waals surface area contributed by atoms with Gasteiger partial charge in [0.05, 0.1) is 12.7 Å². The number of hydrazine groups is 1. The highest BCUT2D eigenvalue weighted by molar-refractivity contribution is 6.11. The number of para-hydroxylation sites is 1. The van der Waals surface area contributed by atoms with Gasteiger partial charge >= 0.3 is 0 Å². The molecule has 0 bridgehead atoms. The Kier molecular flexibility index (Phi) is 7.79. The first-order chi connectivity index (χ1) is 14.1. The third-order valence-corrected chi connectivity index (χ3v) is 5.12. The van der Waals surface area contributed by atoms with Crippen LogP contribution in [0, 0.1) is 19.3 Å². The molecular formula is C25H34N2O3. The topological polar surface area (TPSA) is 58.6 Å². The van der Waals surface area contributed by atoms with Crippen molar-refractivity contribution in [3.63, 3.8) is 0 Å². The standard InChI is InChI=1S/C25H34N2O3/c1-8-11-22(25(4,5)6)26-27(23(28)19-15-17(2)14-18(3)16-19)24(29)20-12-9-10-13-21(20)30-7/h9-10,12-16,22,26H,8,11H2,1-7H3. The van der Waals surface area contributed by atoms with Crippen LogP contribution in [-0.2, 0) is 0 Å². The summed E-state index contributed by atoms with van der Waals surface area (Å²) >= 11 is 0. The number of carbonyl (C=O) groups excluding carboxylic acids is 2. The number of nitrogens with one attached hydrogen (secondary N) is 1. The van der Waals surface area contributed by atoms with Crippen molar-refractivity contribution in [2.75, 3.05) is 7.11 Å². The fourth-order valence-electron chi connectivity index (χ4n) is 3.51. The maximum atomic E-state index is 13.5. The highest BCUT2D eigenvalue weighted by atomic mass is 16.5. The van der Waals surface area contributed by atoms with Crippen LogP contribution in [0.4, 0.5) is 0 Å². The summed E-state index contributed by atoms with van der Waals surface area (Å²) in [5.41, 5.74) is 5.89. The smallest absolute Gasteiger partial charge is 0.279 e. The predicted octanol–water partition coefficient (Wildman–Crippen LogP) is 5.31. The maximum Gasteiger partial charge on any atom is 0.279 e. The van der Waals surface area contributed by atoms with Crippen LogP contribution in [-0.4, -0.2) is 30.0 Å². The lowest BCUT2D eigenvalue weighted by molar-refractivity contribution is 0.0423. The minimum atomic E-state index is -0.429. The zero-order chi connectivity index (χ0) is 22.5. The number of carbonyl (C=O) groups is 2. The molecule has 0 aliphatic carbocycles. The molecule has 0 radical (unpaired) electrons. The van der Waals surface area contributed by atoms with Crippen LogP contribution < -0.4 is 10.2 Å². The summed E-state index contributed by atoms with van der Waals surface area (Å²) in [6, 6.07) is 12.5. The summed E-state index contributed by atoms with van der Waals surface area (Å²) in [6.07, 6.45) is 1.77. The second-order valence-corrected chi connectivity index (χ2v) is 8.86. The molecule has 0 spiro atoms. The lowest BCUT2D eigenvalue weighted by atomic mass is 9.84. The van der Waals surface area contributed by atoms with Gasteiger partial charge in [0.1, 0.15) is 5.75 Å². The first-order valence-electron chi connectivity index (χ1n) is 10.4. The van der Waals surface area contributed by atoms with Crippen molar-refractivity contribution < 1.29 is 14.3 Å². The van der Waals surface area contributed by atoms with Crippen LogP contribution >= 0.6 is 0 Å². The molecule has 2 amide bonds. The van der Waals surface area contributed by atoms with Crippen molar-refractivity contribution in [1.82, 2.24) is 10.4 Å². The normalized spacial score (nSPS) is 12.4. The molecule has 2 aromatic carbocycles. The molecule has 2 aromatic rings. The first-order valence-corrected chi connectivity index (χ1v) is 10.4. The molecule has 1 atom stereocenters. The zero-order valence-electron chi connectivity index (χ0n) is 19.2. The summed E-state index contributed by atoms with van der Waals surface area (Å²) < 4.78 is 5.37. The monoisotopic (exact) mass is 410 g/mol. The van der Waals surface area contributed by atoms with Gasteiger partial charge in [0, 0.05) is 11.6 Å². The lowest BCUT2D eigenvalue weighted by Gasteiger charge is -2.36. The molecule has 0 aliphatic rings. The average Bonchev–Trinajstić information content (AvgIpc) is 2.68. The Bertz CT molecular complexity index is 879. The van der Waals surface area contributed by atoms with Gasteiger partial charge in [0.25, 0.3) is 11.8 Å². The Morgan fingerprint density at radius 3 is 2.17 bits per heavy atom. The Morgan fingerprint density at radius 2 is 1.63 bits per heavy atom. The number of amides is 2. The Morgan fingerprint density at radius 1 is 1.03 bits per heavy atom. The van der Waals surface area contributed by atoms with Crippen LogP contribution in [0.3, 0.4) is 0 Å². The molecule has 5 nitrogen and oxygen atoms in total. The summed E-state index contributed by atoms with van der Waals surface area (Å²) in [6.45, 7) is 12.3. The van der Waals surface area contributed by atoms with Gasteiger partial charge in [-0.15, -0.1) is 0 Å². The number of rotatable bonds is 7. The quantitative estimate of drug-likeness (QED) is 0.496. The molecule has 5 heteroatoms. The van der Waals surface area contributed by atoms with Crippen LogP contribution in [0.15, 0.2) is 42.5 Å². The van der Waals surface area contributed by atoms with E-state index >= 15 is 0 Å². The second kappa shape index (κ2) is 9.90. The molecule has 30 heavy (non-hydrogen) atoms. The highest BCUT2D eigenvalue weighted by Gasteiger charge is 2.32. The van der Waals surface area contributed by atoms with Crippen molar-refractivity contribution in [1.29, 1.82) is 0 Å². The summed E-state index contributed by atoms with van der Waals surface area (Å²) in [7, 11) is 1.52. The van der Waals surface area contributed by atoms with Gasteiger partial charge in [-0.3, -0.25) is 9.59 Å². The van der Waals surface area contributed by atoms with Crippen molar-refractivity contribution in [3.8, 4) is 5.75 Å². The Labute approximate surface area is 180 Å². The van der Waals surface area contributed by atoms with Crippen molar-refractivity contribution >= 4 is 11.8 Å². The van der Waals surface area contributed by atoms with E-state index in [2.05, 4.69) is 33.1 Å². The lowest BCUT2D eigenvalue weighted by Crippen LogP contribution is -2.55. The van der Waals surface area contributed by atoms with E-state index in [0.717, 1.165) is 29.0 Å². The number of ether oxygens (including phenoxy) is 1. The zero-order valence-corrected chi connectivity index (χ0v) is 19.2. The number of aryl methyl sites for hydroxylation is 2. The van der Waals surface area contributed by atoms with Crippen molar-refractivity contribution in [2.45, 2.75) is 60.4 Å². The fourth-order valence-corrected chi connectivity index (χ4v) is 3.51. The number of benzene rings is 2. The average molecular weight is 411 g/mol. The molecule has 0 aliphatic heterocycles. The van der Waals surface area contributed by atoms with Crippen LogP contribution in [0.2, 0.25) is 0 Å². The van der Waals surface area contributed by atoms with Crippen LogP contribution in [0.5, 0.6) is 5.75 Å². The van der Waals surface area contributed by atoms with E-state index in [1.165, 1.54) is 7.11 Å². The third-order valence-electron chi connectivity index (χ3n) is 5.12. The van der Waals surface area contributed by atoms with Crippen molar-refractivity contribution in [2.24, 2.45) is 5.41 Å². The first kappa shape index (κ1) is 23.6. The number of nitrogens with zero attached hydrogens (tertiary/aromatic N) is 1. The Balaban J connectivity index is 2.53. The van der Waals surface area contributed by atoms with Crippen molar-refractivity contribution in [3.05, 3.63) is 64.7 Å². The van der Waals surface area contributed by atoms with Gasteiger partial charge in [0.15, 0.2) is 0 Å². The molecule has 1 unspecified atom stereocenters. The maximum absolute atomic E-state index is 13.5. The van der Waals surface area contributed by atoms with E-state index in [0.29, 0.717) is 16.9 Å². The highest BCUT2D eigenvalue weighted by Crippen LogP contribution is 2.26. The van der Waals surface area contributed by atoms with E-state index in [1.807, 2.05) is 32.0 Å². The Hall–Kier alpha value is -2.66. The van der Waals surface area contributed by atoms with Crippen LogP contribution in [0.25, 0.3) is 0 Å². The van der Waals surface area contributed by atoms with Gasteiger partial charge in [-0.05, 0) is 49.9 Å². The number of hydrogen-bond acceptors (Lipinski definition) is 4. The molecule has 2 rings (SSSR count). The molecule has 0 aromatic heterocycles. The van der Waals surface area contributed by atoms with E-state index in [9.17, 15) is 9.59 Å². The molecule has 0 saturated heterocycles. The van der Waals surface area contributed by atoms with Gasteiger partial charge in [-0.25, -0.2) is 10.4 Å².